The Morgan fingerprint density at radius 3 is 2.08 bits per heavy atom. The summed E-state index contributed by atoms with van der Waals surface area (Å²) in [4.78, 5) is 29.9. The number of carboxylic acid groups (broad SMARTS) is 2. The molecule has 10 nitrogen and oxygen atoms in total. The number of aromatic amines is 1. The lowest BCUT2D eigenvalue weighted by atomic mass is 10.2. The quantitative estimate of drug-likeness (QED) is 0.195. The monoisotopic (exact) mass is 618 g/mol. The fourth-order valence-corrected chi connectivity index (χ4v) is 2.57. The summed E-state index contributed by atoms with van der Waals surface area (Å²) >= 11 is 3.40. The molecular formula is C21H21BrF6N4O6. The number of nitrogens with zero attached hydrogens (tertiary/aromatic N) is 2. The van der Waals surface area contributed by atoms with Crippen LogP contribution in [0.4, 0.5) is 26.3 Å². The minimum Gasteiger partial charge on any atom is -0.492 e. The van der Waals surface area contributed by atoms with Crippen LogP contribution in [0.2, 0.25) is 0 Å². The summed E-state index contributed by atoms with van der Waals surface area (Å²) in [6.45, 7) is 3.28. The van der Waals surface area contributed by atoms with Crippen molar-refractivity contribution in [1.29, 1.82) is 0 Å². The maximum absolute atomic E-state index is 10.6. The number of fused-ring (bicyclic) bond motifs is 1. The molecule has 3 rings (SSSR count). The molecule has 17 heteroatoms. The summed E-state index contributed by atoms with van der Waals surface area (Å²) < 4.78 is 70.0. The van der Waals surface area contributed by atoms with Crippen molar-refractivity contribution in [2.24, 2.45) is 0 Å². The van der Waals surface area contributed by atoms with E-state index in [1.165, 1.54) is 0 Å². The van der Waals surface area contributed by atoms with Gasteiger partial charge < -0.3 is 30.4 Å². The van der Waals surface area contributed by atoms with Crippen LogP contribution in [-0.2, 0) is 9.59 Å². The topological polar surface area (TPSA) is 158 Å². The molecule has 0 aliphatic heterocycles. The number of aliphatic carboxylic acids is 2. The van der Waals surface area contributed by atoms with Gasteiger partial charge in [0.25, 0.3) is 0 Å². The van der Waals surface area contributed by atoms with Gasteiger partial charge in [0.15, 0.2) is 5.65 Å². The minimum atomic E-state index is -5.08. The Morgan fingerprint density at radius 1 is 1.08 bits per heavy atom. The van der Waals surface area contributed by atoms with E-state index in [-0.39, 0.29) is 12.6 Å². The van der Waals surface area contributed by atoms with Crippen molar-refractivity contribution in [3.63, 3.8) is 0 Å². The maximum Gasteiger partial charge on any atom is 0.490 e. The number of rotatable bonds is 7. The number of halogens is 7. The number of carbonyl (C=O) groups is 2. The molecule has 0 bridgehead atoms. The first kappa shape index (κ1) is 32.6. The van der Waals surface area contributed by atoms with Gasteiger partial charge in [-0.3, -0.25) is 0 Å². The summed E-state index contributed by atoms with van der Waals surface area (Å²) in [6, 6.07) is 9.78. The van der Waals surface area contributed by atoms with Crippen molar-refractivity contribution in [1.82, 2.24) is 20.3 Å². The third kappa shape index (κ3) is 11.7. The number of alkyl halides is 6. The SMILES string of the molecule is CC(CO)NCCOc1ccc(-c2nc3cc(Br)cnc3[nH]2)cc1.O=C(O)C(F)(F)F.O=C(O)C(F)(F)F. The highest BCUT2D eigenvalue weighted by Gasteiger charge is 2.38. The first-order valence-corrected chi connectivity index (χ1v) is 11.0. The third-order valence-corrected chi connectivity index (χ3v) is 4.49. The van der Waals surface area contributed by atoms with Gasteiger partial charge in [-0.05, 0) is 53.2 Å². The molecule has 2 aromatic heterocycles. The standard InChI is InChI=1S/C17H19BrN4O2.2C2HF3O2/c1-11(10-23)19-6-7-24-14-4-2-12(3-5-14)16-21-15-8-13(18)9-20-17(15)22-16;2*3-2(4,5)1(6)7/h2-5,8-9,11,19,23H,6-7,10H2,1H3,(H,20,21,22);2*(H,6,7). The van der Waals surface area contributed by atoms with E-state index in [1.807, 2.05) is 37.3 Å². The molecule has 38 heavy (non-hydrogen) atoms. The lowest BCUT2D eigenvalue weighted by Gasteiger charge is -2.11. The Morgan fingerprint density at radius 2 is 1.61 bits per heavy atom. The summed E-state index contributed by atoms with van der Waals surface area (Å²) in [6.07, 6.45) is -8.42. The number of aliphatic hydroxyl groups excluding tert-OH is 1. The largest absolute Gasteiger partial charge is 0.492 e. The number of ether oxygens (including phenoxy) is 1. The van der Waals surface area contributed by atoms with Crippen LogP contribution in [-0.4, -0.2) is 80.4 Å². The Hall–Kier alpha value is -3.44. The smallest absolute Gasteiger partial charge is 0.490 e. The van der Waals surface area contributed by atoms with Gasteiger partial charge in [-0.25, -0.2) is 19.6 Å². The van der Waals surface area contributed by atoms with E-state index in [0.29, 0.717) is 13.2 Å². The molecule has 0 aliphatic carbocycles. The Bertz CT molecular complexity index is 1160. The van der Waals surface area contributed by atoms with Crippen molar-refractivity contribution in [3.8, 4) is 17.1 Å². The van der Waals surface area contributed by atoms with Crippen molar-refractivity contribution in [2.45, 2.75) is 25.3 Å². The van der Waals surface area contributed by atoms with Crippen molar-refractivity contribution < 1.29 is 56.0 Å². The zero-order chi connectivity index (χ0) is 29.1. The molecule has 0 saturated heterocycles. The molecule has 3 aromatic rings. The van der Waals surface area contributed by atoms with Gasteiger partial charge in [0, 0.05) is 28.8 Å². The van der Waals surface area contributed by atoms with Gasteiger partial charge in [-0.1, -0.05) is 0 Å². The fourth-order valence-electron chi connectivity index (χ4n) is 2.26. The normalized spacial score (nSPS) is 12.0. The number of aromatic nitrogens is 3. The zero-order valence-corrected chi connectivity index (χ0v) is 20.9. The number of H-pyrrole nitrogens is 1. The van der Waals surface area contributed by atoms with Crippen LogP contribution >= 0.6 is 15.9 Å². The van der Waals surface area contributed by atoms with Crippen molar-refractivity contribution in [3.05, 3.63) is 41.0 Å². The van der Waals surface area contributed by atoms with Crippen LogP contribution in [0.3, 0.4) is 0 Å². The molecular weight excluding hydrogens is 598 g/mol. The van der Waals surface area contributed by atoms with E-state index in [9.17, 15) is 26.3 Å². The van der Waals surface area contributed by atoms with E-state index >= 15 is 0 Å². The Kier molecular flexibility index (Phi) is 12.4. The third-order valence-electron chi connectivity index (χ3n) is 4.05. The molecule has 0 amide bonds. The number of nitrogens with one attached hydrogen (secondary N) is 2. The van der Waals surface area contributed by atoms with E-state index in [2.05, 4.69) is 36.2 Å². The molecule has 1 atom stereocenters. The van der Waals surface area contributed by atoms with Gasteiger partial charge in [0.1, 0.15) is 23.7 Å². The number of imidazole rings is 1. The lowest BCUT2D eigenvalue weighted by Crippen LogP contribution is -2.32. The molecule has 210 valence electrons. The predicted octanol–water partition coefficient (Wildman–Crippen LogP) is 4.00. The number of carboxylic acids is 2. The molecule has 2 heterocycles. The zero-order valence-electron chi connectivity index (χ0n) is 19.3. The molecule has 1 aromatic carbocycles. The highest BCUT2D eigenvalue weighted by atomic mass is 79.9. The number of aliphatic hydroxyl groups is 1. The van der Waals surface area contributed by atoms with Crippen LogP contribution in [0.5, 0.6) is 5.75 Å². The molecule has 5 N–H and O–H groups in total. The van der Waals surface area contributed by atoms with Gasteiger partial charge in [0.2, 0.25) is 0 Å². The number of hydrogen-bond donors (Lipinski definition) is 5. The fraction of sp³-hybridized carbons (Fsp3) is 0.333. The van der Waals surface area contributed by atoms with E-state index in [4.69, 9.17) is 29.6 Å². The number of pyridine rings is 1. The Labute approximate surface area is 218 Å². The van der Waals surface area contributed by atoms with Crippen LogP contribution in [0, 0.1) is 0 Å². The average Bonchev–Trinajstić information content (AvgIpc) is 3.25. The van der Waals surface area contributed by atoms with E-state index < -0.39 is 24.3 Å². The highest BCUT2D eigenvalue weighted by molar-refractivity contribution is 9.10. The second-order valence-corrected chi connectivity index (χ2v) is 8.04. The molecule has 1 unspecified atom stereocenters. The maximum atomic E-state index is 10.6. The van der Waals surface area contributed by atoms with Crippen LogP contribution in [0.25, 0.3) is 22.6 Å². The number of hydrogen-bond acceptors (Lipinski definition) is 7. The molecule has 0 saturated carbocycles. The summed E-state index contributed by atoms with van der Waals surface area (Å²) in [5.41, 5.74) is 2.56. The summed E-state index contributed by atoms with van der Waals surface area (Å²) in [7, 11) is 0. The van der Waals surface area contributed by atoms with Gasteiger partial charge in [-0.2, -0.15) is 26.3 Å². The van der Waals surface area contributed by atoms with E-state index in [1.54, 1.807) is 6.20 Å². The molecule has 0 aliphatic rings. The minimum absolute atomic E-state index is 0.0812. The second kappa shape index (κ2) is 14.5. The first-order valence-electron chi connectivity index (χ1n) is 10.2. The average molecular weight is 619 g/mol. The first-order chi connectivity index (χ1) is 17.5. The van der Waals surface area contributed by atoms with Crippen molar-refractivity contribution in [2.75, 3.05) is 19.8 Å². The van der Waals surface area contributed by atoms with Crippen LogP contribution < -0.4 is 10.1 Å². The highest BCUT2D eigenvalue weighted by Crippen LogP contribution is 2.23. The lowest BCUT2D eigenvalue weighted by molar-refractivity contribution is -0.193. The molecule has 0 radical (unpaired) electrons. The molecule has 0 fully saturated rings. The van der Waals surface area contributed by atoms with Gasteiger partial charge >= 0.3 is 24.3 Å². The second-order valence-electron chi connectivity index (χ2n) is 7.12. The number of benzene rings is 1. The predicted molar refractivity (Wildman–Crippen MR) is 124 cm³/mol. The summed E-state index contributed by atoms with van der Waals surface area (Å²) in [5.74, 6) is -3.94. The van der Waals surface area contributed by atoms with Crippen molar-refractivity contribution >= 4 is 39.0 Å². The summed E-state index contributed by atoms with van der Waals surface area (Å²) in [5, 5.41) is 26.3. The van der Waals surface area contributed by atoms with E-state index in [0.717, 1.165) is 32.8 Å². The van der Waals surface area contributed by atoms with Gasteiger partial charge in [0.05, 0.1) is 6.61 Å². The Balaban J connectivity index is 0.000000426. The van der Waals surface area contributed by atoms with Crippen LogP contribution in [0.1, 0.15) is 6.92 Å². The van der Waals surface area contributed by atoms with Crippen LogP contribution in [0.15, 0.2) is 41.0 Å². The molecule has 0 spiro atoms. The van der Waals surface area contributed by atoms with Gasteiger partial charge in [-0.15, -0.1) is 0 Å².